The Bertz CT molecular complexity index is 836. The minimum absolute atomic E-state index is 0.0340. The number of methoxy groups -OCH3 is 1. The van der Waals surface area contributed by atoms with E-state index in [2.05, 4.69) is 31.2 Å². The number of carbonyl (C=O) groups is 2. The maximum absolute atomic E-state index is 13.2. The van der Waals surface area contributed by atoms with E-state index in [0.717, 1.165) is 27.8 Å². The summed E-state index contributed by atoms with van der Waals surface area (Å²) in [4.78, 5) is 34.8. The van der Waals surface area contributed by atoms with Gasteiger partial charge in [-0.05, 0) is 23.6 Å². The molecule has 0 saturated carbocycles. The van der Waals surface area contributed by atoms with Gasteiger partial charge >= 0.3 is 12.0 Å². The van der Waals surface area contributed by atoms with Gasteiger partial charge in [-0.1, -0.05) is 48.3 Å². The van der Waals surface area contributed by atoms with Gasteiger partial charge in [0.2, 0.25) is 0 Å². The summed E-state index contributed by atoms with van der Waals surface area (Å²) >= 11 is 3.45. The lowest BCUT2D eigenvalue weighted by Crippen LogP contribution is -2.53. The van der Waals surface area contributed by atoms with Crippen molar-refractivity contribution >= 4 is 27.9 Å². The van der Waals surface area contributed by atoms with Crippen LogP contribution in [0.25, 0.3) is 0 Å². The van der Waals surface area contributed by atoms with Gasteiger partial charge in [0.25, 0.3) is 0 Å². The van der Waals surface area contributed by atoms with E-state index in [1.54, 1.807) is 11.2 Å². The number of rotatable bonds is 5. The Morgan fingerprint density at radius 2 is 2.11 bits per heavy atom. The molecule has 1 aromatic carbocycles. The van der Waals surface area contributed by atoms with E-state index in [4.69, 9.17) is 4.74 Å². The second-order valence-electron chi connectivity index (χ2n) is 7.00. The van der Waals surface area contributed by atoms with Crippen molar-refractivity contribution in [3.63, 3.8) is 0 Å². The molecular formula is C20H25BrN4O3. The first-order chi connectivity index (χ1) is 13.5. The van der Waals surface area contributed by atoms with Crippen molar-refractivity contribution < 1.29 is 14.3 Å². The van der Waals surface area contributed by atoms with Crippen LogP contribution in [-0.2, 0) is 16.0 Å². The van der Waals surface area contributed by atoms with Crippen LogP contribution in [0.3, 0.4) is 0 Å². The summed E-state index contributed by atoms with van der Waals surface area (Å²) in [6.45, 7) is 4.43. The van der Waals surface area contributed by atoms with Crippen LogP contribution >= 0.6 is 15.9 Å². The van der Waals surface area contributed by atoms with Crippen LogP contribution in [0.2, 0.25) is 0 Å². The van der Waals surface area contributed by atoms with Crippen LogP contribution in [0.5, 0.6) is 0 Å². The number of imidazole rings is 1. The average Bonchev–Trinajstić information content (AvgIpc) is 3.19. The van der Waals surface area contributed by atoms with E-state index < -0.39 is 12.0 Å². The number of aromatic amines is 1. The smallest absolute Gasteiger partial charge is 0.328 e. The second kappa shape index (κ2) is 8.77. The molecule has 2 aromatic rings. The Morgan fingerprint density at radius 1 is 1.39 bits per heavy atom. The van der Waals surface area contributed by atoms with Gasteiger partial charge in [-0.25, -0.2) is 14.6 Å². The zero-order chi connectivity index (χ0) is 20.3. The number of fused-ring (bicyclic) bond motifs is 1. The molecule has 0 bridgehead atoms. The molecule has 7 nitrogen and oxygen atoms in total. The number of ether oxygens (including phenoxy) is 1. The molecule has 2 amide bonds. The fourth-order valence-electron chi connectivity index (χ4n) is 3.49. The van der Waals surface area contributed by atoms with Crippen molar-refractivity contribution in [2.45, 2.75) is 38.8 Å². The number of hydrogen-bond donors (Lipinski definition) is 2. The van der Waals surface area contributed by atoms with E-state index in [-0.39, 0.29) is 18.0 Å². The fraction of sp³-hybridized carbons (Fsp3) is 0.450. The number of aromatic nitrogens is 2. The normalized spacial score (nSPS) is 18.1. The number of carbonyl (C=O) groups excluding carboxylic acids is 2. The van der Waals surface area contributed by atoms with E-state index in [9.17, 15) is 9.59 Å². The lowest BCUT2D eigenvalue weighted by Gasteiger charge is -2.36. The molecular weight excluding hydrogens is 424 g/mol. The number of urea groups is 1. The zero-order valence-corrected chi connectivity index (χ0v) is 17.8. The highest BCUT2D eigenvalue weighted by Gasteiger charge is 2.36. The number of amides is 2. The Kier molecular flexibility index (Phi) is 6.39. The van der Waals surface area contributed by atoms with Gasteiger partial charge in [-0.3, -0.25) is 0 Å². The number of nitrogens with zero attached hydrogens (tertiary/aromatic N) is 2. The van der Waals surface area contributed by atoms with Crippen LogP contribution in [0.15, 0.2) is 35.1 Å². The average molecular weight is 449 g/mol. The molecule has 8 heteroatoms. The van der Waals surface area contributed by atoms with Crippen LogP contribution < -0.4 is 5.32 Å². The van der Waals surface area contributed by atoms with Crippen LogP contribution in [0.4, 0.5) is 4.79 Å². The van der Waals surface area contributed by atoms with Gasteiger partial charge in [0.1, 0.15) is 12.1 Å². The number of benzene rings is 1. The highest BCUT2D eigenvalue weighted by molar-refractivity contribution is 9.10. The fourth-order valence-corrected chi connectivity index (χ4v) is 3.75. The van der Waals surface area contributed by atoms with E-state index in [0.29, 0.717) is 13.0 Å². The summed E-state index contributed by atoms with van der Waals surface area (Å²) < 4.78 is 5.86. The molecule has 3 atom stereocenters. The minimum atomic E-state index is -0.686. The Balaban J connectivity index is 1.91. The SMILES string of the molecule is CCC(C)C(NC(=O)N1CCc2[nH]cnc2C1c1ccc(Br)cc1)C(=O)OC. The summed E-state index contributed by atoms with van der Waals surface area (Å²) in [5.74, 6) is -0.464. The van der Waals surface area contributed by atoms with Gasteiger partial charge < -0.3 is 19.9 Å². The summed E-state index contributed by atoms with van der Waals surface area (Å²) in [6, 6.07) is 6.55. The van der Waals surface area contributed by atoms with Crippen molar-refractivity contribution in [3.05, 3.63) is 52.0 Å². The Labute approximate surface area is 173 Å². The highest BCUT2D eigenvalue weighted by atomic mass is 79.9. The highest BCUT2D eigenvalue weighted by Crippen LogP contribution is 2.34. The van der Waals surface area contributed by atoms with Crippen LogP contribution in [-0.4, -0.2) is 46.6 Å². The molecule has 0 aliphatic carbocycles. The molecule has 3 unspecified atom stereocenters. The minimum Gasteiger partial charge on any atom is -0.467 e. The lowest BCUT2D eigenvalue weighted by molar-refractivity contribution is -0.144. The van der Waals surface area contributed by atoms with Crippen molar-refractivity contribution in [2.75, 3.05) is 13.7 Å². The predicted octanol–water partition coefficient (Wildman–Crippen LogP) is 3.42. The summed E-state index contributed by atoms with van der Waals surface area (Å²) in [5, 5.41) is 2.89. The Hall–Kier alpha value is -2.35. The molecule has 150 valence electrons. The molecule has 1 aliphatic rings. The second-order valence-corrected chi connectivity index (χ2v) is 7.92. The number of H-pyrrole nitrogens is 1. The largest absolute Gasteiger partial charge is 0.467 e. The summed E-state index contributed by atoms with van der Waals surface area (Å²) in [5.41, 5.74) is 2.83. The molecule has 2 N–H and O–H groups in total. The van der Waals surface area contributed by atoms with Crippen molar-refractivity contribution in [3.8, 4) is 0 Å². The van der Waals surface area contributed by atoms with Crippen molar-refractivity contribution in [1.29, 1.82) is 0 Å². The van der Waals surface area contributed by atoms with Crippen LogP contribution in [0.1, 0.15) is 43.3 Å². The van der Waals surface area contributed by atoms with Gasteiger partial charge in [-0.15, -0.1) is 0 Å². The topological polar surface area (TPSA) is 87.3 Å². The molecule has 1 aromatic heterocycles. The van der Waals surface area contributed by atoms with Gasteiger partial charge in [-0.2, -0.15) is 0 Å². The zero-order valence-electron chi connectivity index (χ0n) is 16.2. The molecule has 0 saturated heterocycles. The Morgan fingerprint density at radius 3 is 2.75 bits per heavy atom. The van der Waals surface area contributed by atoms with E-state index in [1.807, 2.05) is 38.1 Å². The monoisotopic (exact) mass is 448 g/mol. The van der Waals surface area contributed by atoms with E-state index in [1.165, 1.54) is 7.11 Å². The van der Waals surface area contributed by atoms with Crippen molar-refractivity contribution in [1.82, 2.24) is 20.2 Å². The molecule has 0 fully saturated rings. The first-order valence-electron chi connectivity index (χ1n) is 9.38. The first-order valence-corrected chi connectivity index (χ1v) is 10.2. The number of esters is 1. The van der Waals surface area contributed by atoms with Crippen molar-refractivity contribution in [2.24, 2.45) is 5.92 Å². The molecule has 1 aliphatic heterocycles. The molecule has 2 heterocycles. The lowest BCUT2D eigenvalue weighted by atomic mass is 9.95. The summed E-state index contributed by atoms with van der Waals surface area (Å²) in [7, 11) is 1.34. The maximum atomic E-state index is 13.2. The number of halogens is 1. The molecule has 3 rings (SSSR count). The van der Waals surface area contributed by atoms with Crippen LogP contribution in [0, 0.1) is 5.92 Å². The standard InChI is InChI=1S/C20H25BrN4O3/c1-4-12(2)16(19(26)28-3)24-20(27)25-10-9-15-17(23-11-22-15)18(25)13-5-7-14(21)8-6-13/h5-8,11-12,16,18H,4,9-10H2,1-3H3,(H,22,23)(H,24,27). The van der Waals surface area contributed by atoms with Gasteiger partial charge in [0.15, 0.2) is 0 Å². The van der Waals surface area contributed by atoms with E-state index >= 15 is 0 Å². The third-order valence-electron chi connectivity index (χ3n) is 5.32. The predicted molar refractivity (Wildman–Crippen MR) is 109 cm³/mol. The third-order valence-corrected chi connectivity index (χ3v) is 5.85. The first kappa shape index (κ1) is 20.4. The quantitative estimate of drug-likeness (QED) is 0.685. The van der Waals surface area contributed by atoms with Gasteiger partial charge in [0.05, 0.1) is 19.1 Å². The third kappa shape index (κ3) is 4.06. The molecule has 0 spiro atoms. The molecule has 28 heavy (non-hydrogen) atoms. The molecule has 0 radical (unpaired) electrons. The maximum Gasteiger partial charge on any atom is 0.328 e. The summed E-state index contributed by atoms with van der Waals surface area (Å²) in [6.07, 6.45) is 3.09. The number of hydrogen-bond acceptors (Lipinski definition) is 4. The number of nitrogens with one attached hydrogen (secondary N) is 2. The van der Waals surface area contributed by atoms with Gasteiger partial charge in [0, 0.05) is 23.1 Å².